The molecule has 1 aliphatic heterocycles. The maximum Gasteiger partial charge on any atom is 0.573 e. The Morgan fingerprint density at radius 2 is 2.11 bits per heavy atom. The molecule has 0 saturated carbocycles. The smallest absolute Gasteiger partial charge is 0.406 e. The fraction of sp³-hybridized carbons (Fsp3) is 0.438. The number of aromatic nitrogens is 1. The van der Waals surface area contributed by atoms with Crippen molar-refractivity contribution < 1.29 is 27.5 Å². The van der Waals surface area contributed by atoms with E-state index in [9.17, 15) is 22.8 Å². The Hall–Kier alpha value is -2.44. The molecule has 3 rings (SSSR count). The maximum absolute atomic E-state index is 12.8. The van der Waals surface area contributed by atoms with Crippen molar-refractivity contribution in [1.82, 2.24) is 20.9 Å². The zero-order chi connectivity index (χ0) is 20.5. The van der Waals surface area contributed by atoms with Gasteiger partial charge in [-0.1, -0.05) is 11.3 Å². The van der Waals surface area contributed by atoms with E-state index in [1.807, 2.05) is 0 Å². The first-order valence-corrected chi connectivity index (χ1v) is 9.12. The molecule has 1 fully saturated rings. The minimum Gasteiger partial charge on any atom is -0.406 e. The van der Waals surface area contributed by atoms with Crippen LogP contribution >= 0.6 is 11.3 Å². The molecule has 12 heteroatoms. The second-order valence-electron chi connectivity index (χ2n) is 6.23. The molecule has 1 aromatic heterocycles. The number of rotatable bonds is 6. The van der Waals surface area contributed by atoms with Crippen LogP contribution in [0.5, 0.6) is 5.75 Å². The van der Waals surface area contributed by atoms with E-state index in [1.54, 1.807) is 0 Å². The van der Waals surface area contributed by atoms with Crippen molar-refractivity contribution >= 4 is 38.5 Å². The van der Waals surface area contributed by atoms with E-state index in [2.05, 4.69) is 25.7 Å². The van der Waals surface area contributed by atoms with Crippen LogP contribution in [0.3, 0.4) is 0 Å². The number of anilines is 1. The lowest BCUT2D eigenvalue weighted by Crippen LogP contribution is -2.65. The zero-order valence-electron chi connectivity index (χ0n) is 15.0. The number of alkyl halides is 3. The van der Waals surface area contributed by atoms with Crippen molar-refractivity contribution in [3.05, 3.63) is 18.2 Å². The second kappa shape index (κ2) is 7.89. The van der Waals surface area contributed by atoms with E-state index >= 15 is 0 Å². The van der Waals surface area contributed by atoms with Crippen molar-refractivity contribution in [1.29, 1.82) is 0 Å². The number of thiazole rings is 1. The summed E-state index contributed by atoms with van der Waals surface area (Å²) in [5.74, 6) is -1.17. The van der Waals surface area contributed by atoms with Gasteiger partial charge < -0.3 is 15.4 Å². The van der Waals surface area contributed by atoms with Gasteiger partial charge in [-0.2, -0.15) is 0 Å². The Labute approximate surface area is 162 Å². The van der Waals surface area contributed by atoms with Crippen LogP contribution in [0.2, 0.25) is 0 Å². The van der Waals surface area contributed by atoms with Gasteiger partial charge in [0.25, 0.3) is 5.91 Å². The fourth-order valence-corrected chi connectivity index (χ4v) is 3.50. The number of likely N-dealkylation sites (N-methyl/N-ethyl adjacent to an activating group) is 1. The minimum absolute atomic E-state index is 0.0478. The van der Waals surface area contributed by atoms with E-state index in [0.29, 0.717) is 23.3 Å². The molecule has 28 heavy (non-hydrogen) atoms. The quantitative estimate of drug-likeness (QED) is 0.611. The molecular weight excluding hydrogens is 399 g/mol. The summed E-state index contributed by atoms with van der Waals surface area (Å²) in [4.78, 5) is 29.8. The molecule has 1 aromatic carbocycles. The summed E-state index contributed by atoms with van der Waals surface area (Å²) in [5.41, 5.74) is 0.432. The summed E-state index contributed by atoms with van der Waals surface area (Å²) in [6.45, 7) is 2.66. The zero-order valence-corrected chi connectivity index (χ0v) is 15.8. The summed E-state index contributed by atoms with van der Waals surface area (Å²) in [6.07, 6.45) is -5.73. The van der Waals surface area contributed by atoms with Gasteiger partial charge in [0.05, 0.1) is 10.2 Å². The number of hydrogen-bond donors (Lipinski definition) is 3. The standard InChI is InChI=1S/C16H18F3N5O3S/c1-8(25)21-13(22-9-6-20-7-9)14(26)24(2)15-23-11-4-3-10(5-12(11)28-15)27-16(17,18)19/h3-5,9,13,20,22H,6-7H2,1-2H3,(H,21,25). The molecule has 8 nitrogen and oxygen atoms in total. The van der Waals surface area contributed by atoms with Crippen LogP contribution < -0.4 is 25.6 Å². The molecule has 3 N–H and O–H groups in total. The predicted octanol–water partition coefficient (Wildman–Crippen LogP) is 1.18. The largest absolute Gasteiger partial charge is 0.573 e. The molecule has 2 amide bonds. The third kappa shape index (κ3) is 4.88. The minimum atomic E-state index is -4.79. The molecule has 1 unspecified atom stereocenters. The first kappa shape index (κ1) is 20.3. The maximum atomic E-state index is 12.8. The Kier molecular flexibility index (Phi) is 5.72. The Morgan fingerprint density at radius 3 is 2.68 bits per heavy atom. The molecule has 2 heterocycles. The Bertz CT molecular complexity index is 884. The first-order chi connectivity index (χ1) is 13.1. The van der Waals surface area contributed by atoms with Crippen LogP contribution in [-0.4, -0.2) is 55.5 Å². The Morgan fingerprint density at radius 1 is 1.39 bits per heavy atom. The van der Waals surface area contributed by atoms with Gasteiger partial charge in [-0.05, 0) is 12.1 Å². The highest BCUT2D eigenvalue weighted by Crippen LogP contribution is 2.33. The monoisotopic (exact) mass is 417 g/mol. The Balaban J connectivity index is 1.79. The van der Waals surface area contributed by atoms with E-state index in [-0.39, 0.29) is 22.8 Å². The summed E-state index contributed by atoms with van der Waals surface area (Å²) < 4.78 is 41.5. The molecule has 152 valence electrons. The SMILES string of the molecule is CC(=O)NC(NC1CNC1)C(=O)N(C)c1nc2ccc(OC(F)(F)F)cc2s1. The van der Waals surface area contributed by atoms with Gasteiger partial charge in [0.1, 0.15) is 5.75 Å². The normalized spacial score (nSPS) is 15.8. The van der Waals surface area contributed by atoms with Crippen molar-refractivity contribution in [2.45, 2.75) is 25.5 Å². The lowest BCUT2D eigenvalue weighted by molar-refractivity contribution is -0.274. The van der Waals surface area contributed by atoms with Crippen molar-refractivity contribution in [2.75, 3.05) is 25.0 Å². The van der Waals surface area contributed by atoms with Crippen LogP contribution in [0.4, 0.5) is 18.3 Å². The van der Waals surface area contributed by atoms with Gasteiger partial charge in [0, 0.05) is 39.2 Å². The summed E-state index contributed by atoms with van der Waals surface area (Å²) in [7, 11) is 1.49. The molecule has 0 spiro atoms. The number of amides is 2. The van der Waals surface area contributed by atoms with E-state index in [0.717, 1.165) is 17.4 Å². The van der Waals surface area contributed by atoms with Crippen molar-refractivity contribution in [3.8, 4) is 5.75 Å². The number of fused-ring (bicyclic) bond motifs is 1. The number of benzene rings is 1. The van der Waals surface area contributed by atoms with Crippen molar-refractivity contribution in [2.24, 2.45) is 0 Å². The number of nitrogens with one attached hydrogen (secondary N) is 3. The van der Waals surface area contributed by atoms with Gasteiger partial charge in [-0.3, -0.25) is 19.8 Å². The number of halogens is 3. The predicted molar refractivity (Wildman–Crippen MR) is 97.1 cm³/mol. The summed E-state index contributed by atoms with van der Waals surface area (Å²) in [6, 6.07) is 3.81. The highest BCUT2D eigenvalue weighted by molar-refractivity contribution is 7.22. The van der Waals surface area contributed by atoms with Gasteiger partial charge in [0.15, 0.2) is 11.3 Å². The van der Waals surface area contributed by atoms with Crippen LogP contribution in [-0.2, 0) is 9.59 Å². The number of carbonyl (C=O) groups excluding carboxylic acids is 2. The summed E-state index contributed by atoms with van der Waals surface area (Å²) >= 11 is 1.04. The van der Waals surface area contributed by atoms with Gasteiger partial charge in [-0.15, -0.1) is 13.2 Å². The first-order valence-electron chi connectivity index (χ1n) is 8.30. The summed E-state index contributed by atoms with van der Waals surface area (Å²) in [5, 5.41) is 8.95. The van der Waals surface area contributed by atoms with Crippen LogP contribution in [0, 0.1) is 0 Å². The third-order valence-corrected chi connectivity index (χ3v) is 5.07. The molecule has 1 aliphatic rings. The second-order valence-corrected chi connectivity index (χ2v) is 7.24. The van der Waals surface area contributed by atoms with E-state index in [4.69, 9.17) is 0 Å². The topological polar surface area (TPSA) is 95.6 Å². The number of carbonyl (C=O) groups is 2. The molecule has 1 atom stereocenters. The number of nitrogens with zero attached hydrogens (tertiary/aromatic N) is 2. The van der Waals surface area contributed by atoms with Crippen LogP contribution in [0.1, 0.15) is 6.92 Å². The van der Waals surface area contributed by atoms with Crippen LogP contribution in [0.15, 0.2) is 18.2 Å². The number of hydrogen-bond acceptors (Lipinski definition) is 7. The third-order valence-electron chi connectivity index (χ3n) is 3.98. The number of ether oxygens (including phenoxy) is 1. The lowest BCUT2D eigenvalue weighted by atomic mass is 10.1. The lowest BCUT2D eigenvalue weighted by Gasteiger charge is -2.33. The molecule has 1 saturated heterocycles. The highest BCUT2D eigenvalue weighted by Gasteiger charge is 2.32. The molecule has 0 radical (unpaired) electrons. The molecular formula is C16H18F3N5O3S. The molecule has 2 aromatic rings. The fourth-order valence-electron chi connectivity index (χ4n) is 2.54. The van der Waals surface area contributed by atoms with E-state index in [1.165, 1.54) is 31.0 Å². The van der Waals surface area contributed by atoms with Gasteiger partial charge in [0.2, 0.25) is 5.91 Å². The average Bonchev–Trinajstić information content (AvgIpc) is 2.97. The highest BCUT2D eigenvalue weighted by atomic mass is 32.1. The van der Waals surface area contributed by atoms with Crippen molar-refractivity contribution in [3.63, 3.8) is 0 Å². The molecule has 0 aliphatic carbocycles. The van der Waals surface area contributed by atoms with E-state index < -0.39 is 18.4 Å². The average molecular weight is 417 g/mol. The van der Waals surface area contributed by atoms with Gasteiger partial charge in [-0.25, -0.2) is 4.98 Å². The van der Waals surface area contributed by atoms with Crippen LogP contribution in [0.25, 0.3) is 10.2 Å². The van der Waals surface area contributed by atoms with Gasteiger partial charge >= 0.3 is 6.36 Å². The molecule has 0 bridgehead atoms.